The highest BCUT2D eigenvalue weighted by molar-refractivity contribution is 4.86. The smallest absolute Gasteiger partial charge is 0.0907 e. The van der Waals surface area contributed by atoms with E-state index < -0.39 is 0 Å². The van der Waals surface area contributed by atoms with Crippen molar-refractivity contribution in [3.63, 3.8) is 0 Å². The Kier molecular flexibility index (Phi) is 6.23. The molecule has 0 fully saturated rings. The van der Waals surface area contributed by atoms with Crippen LogP contribution in [0.5, 0.6) is 0 Å². The van der Waals surface area contributed by atoms with Gasteiger partial charge in [-0.05, 0) is 7.05 Å². The number of methoxy groups -OCH3 is 2. The van der Waals surface area contributed by atoms with Gasteiger partial charge in [0.05, 0.1) is 25.4 Å². The number of ether oxygens (including phenoxy) is 2. The van der Waals surface area contributed by atoms with Crippen molar-refractivity contribution in [3.05, 3.63) is 0 Å². The fourth-order valence-corrected chi connectivity index (χ4v) is 1.05. The first kappa shape index (κ1) is 11.8. The van der Waals surface area contributed by atoms with E-state index in [9.17, 15) is 0 Å². The van der Waals surface area contributed by atoms with Crippen molar-refractivity contribution >= 4 is 0 Å². The quantitative estimate of drug-likeness (QED) is 0.496. The molecule has 3 N–H and O–H groups in total. The first-order chi connectivity index (χ1) is 5.74. The monoisotopic (exact) mass is 178 g/mol. The first-order valence-corrected chi connectivity index (χ1v) is 3.73. The molecule has 0 aliphatic rings. The molecule has 0 amide bonds. The normalized spacial score (nSPS) is 12.0. The average molecular weight is 178 g/mol. The van der Waals surface area contributed by atoms with E-state index in [4.69, 9.17) is 15.4 Å². The summed E-state index contributed by atoms with van der Waals surface area (Å²) in [5, 5.41) is 3.06. The van der Waals surface area contributed by atoms with Crippen LogP contribution in [0.1, 0.15) is 0 Å². The summed E-state index contributed by atoms with van der Waals surface area (Å²) >= 11 is 0. The van der Waals surface area contributed by atoms with Gasteiger partial charge in [-0.15, -0.1) is 0 Å². The predicted molar refractivity (Wildman–Crippen MR) is 45.7 cm³/mol. The van der Waals surface area contributed by atoms with E-state index in [0.717, 1.165) is 0 Å². The Morgan fingerprint density at radius 1 is 1.17 bits per heavy atom. The van der Waals surface area contributed by atoms with Crippen LogP contribution in [-0.2, 0) is 14.3 Å². The Morgan fingerprint density at radius 3 is 1.92 bits per heavy atom. The molecular weight excluding hydrogens is 160 g/mol. The van der Waals surface area contributed by atoms with Gasteiger partial charge in [0, 0.05) is 14.2 Å². The van der Waals surface area contributed by atoms with Gasteiger partial charge in [-0.2, -0.15) is 0 Å². The van der Waals surface area contributed by atoms with E-state index in [-0.39, 0.29) is 5.54 Å². The fourth-order valence-electron chi connectivity index (χ4n) is 1.05. The number of rotatable bonds is 7. The zero-order chi connectivity index (χ0) is 9.45. The van der Waals surface area contributed by atoms with E-state index in [0.29, 0.717) is 19.8 Å². The third kappa shape index (κ3) is 3.46. The molecule has 12 heavy (non-hydrogen) atoms. The number of likely N-dealkylation sites (N-methyl/N-ethyl adjacent to an activating group) is 1. The molecule has 0 aliphatic carbocycles. The molecule has 0 saturated heterocycles. The minimum Gasteiger partial charge on any atom is -0.383 e. The van der Waals surface area contributed by atoms with Crippen molar-refractivity contribution in [2.24, 2.45) is 5.90 Å². The SMILES string of the molecule is CNC(COC)(COC)CON. The molecule has 74 valence electrons. The van der Waals surface area contributed by atoms with Gasteiger partial charge in [-0.25, -0.2) is 5.90 Å². The van der Waals surface area contributed by atoms with Gasteiger partial charge in [-0.3, -0.25) is 0 Å². The highest BCUT2D eigenvalue weighted by Gasteiger charge is 2.28. The molecule has 0 saturated carbocycles. The standard InChI is InChI=1S/C7H18N2O3/c1-9-7(4-10-2,5-11-3)6-12-8/h9H,4-6,8H2,1-3H3. The lowest BCUT2D eigenvalue weighted by molar-refractivity contribution is -0.0159. The molecule has 0 aromatic heterocycles. The second kappa shape index (κ2) is 6.33. The molecule has 0 atom stereocenters. The molecule has 5 heteroatoms. The summed E-state index contributed by atoms with van der Waals surface area (Å²) in [5.74, 6) is 5.00. The van der Waals surface area contributed by atoms with Crippen LogP contribution in [0.3, 0.4) is 0 Å². The maximum atomic E-state index is 5.03. The van der Waals surface area contributed by atoms with Crippen LogP contribution >= 0.6 is 0 Å². The van der Waals surface area contributed by atoms with Crippen LogP contribution < -0.4 is 11.2 Å². The first-order valence-electron chi connectivity index (χ1n) is 3.73. The Bertz CT molecular complexity index is 93.8. The van der Waals surface area contributed by atoms with Gasteiger partial charge in [0.25, 0.3) is 0 Å². The molecule has 0 heterocycles. The lowest BCUT2D eigenvalue weighted by atomic mass is 10.0. The van der Waals surface area contributed by atoms with E-state index in [1.54, 1.807) is 14.2 Å². The molecule has 0 unspecified atom stereocenters. The van der Waals surface area contributed by atoms with Gasteiger partial charge in [0.15, 0.2) is 0 Å². The lowest BCUT2D eigenvalue weighted by Gasteiger charge is -2.30. The maximum Gasteiger partial charge on any atom is 0.0907 e. The molecule has 0 radical (unpaired) electrons. The van der Waals surface area contributed by atoms with Crippen LogP contribution in [-0.4, -0.2) is 46.6 Å². The van der Waals surface area contributed by atoms with Gasteiger partial charge in [0.2, 0.25) is 0 Å². The van der Waals surface area contributed by atoms with Crippen molar-refractivity contribution in [3.8, 4) is 0 Å². The second-order valence-electron chi connectivity index (χ2n) is 2.71. The average Bonchev–Trinajstić information content (AvgIpc) is 2.06. The predicted octanol–water partition coefficient (Wildman–Crippen LogP) is -0.872. The fraction of sp³-hybridized carbons (Fsp3) is 1.00. The Labute approximate surface area is 73.1 Å². The third-order valence-corrected chi connectivity index (χ3v) is 1.73. The zero-order valence-corrected chi connectivity index (χ0v) is 7.92. The zero-order valence-electron chi connectivity index (χ0n) is 7.92. The molecule has 0 aromatic carbocycles. The van der Waals surface area contributed by atoms with Crippen LogP contribution in [0, 0.1) is 0 Å². The molecule has 5 nitrogen and oxygen atoms in total. The summed E-state index contributed by atoms with van der Waals surface area (Å²) in [6.07, 6.45) is 0. The largest absolute Gasteiger partial charge is 0.383 e. The Morgan fingerprint density at radius 2 is 1.67 bits per heavy atom. The molecule has 0 rings (SSSR count). The Hall–Kier alpha value is -0.200. The summed E-state index contributed by atoms with van der Waals surface area (Å²) in [7, 11) is 5.06. The number of hydrogen-bond donors (Lipinski definition) is 2. The number of nitrogens with two attached hydrogens (primary N) is 1. The van der Waals surface area contributed by atoms with Gasteiger partial charge in [0.1, 0.15) is 0 Å². The summed E-state index contributed by atoms with van der Waals surface area (Å²) in [6.45, 7) is 1.34. The maximum absolute atomic E-state index is 5.03. The topological polar surface area (TPSA) is 65.7 Å². The van der Waals surface area contributed by atoms with E-state index in [2.05, 4.69) is 10.2 Å². The van der Waals surface area contributed by atoms with E-state index in [1.807, 2.05) is 7.05 Å². The summed E-state index contributed by atoms with van der Waals surface area (Å²) < 4.78 is 10.1. The van der Waals surface area contributed by atoms with Gasteiger partial charge < -0.3 is 19.6 Å². The highest BCUT2D eigenvalue weighted by atomic mass is 16.6. The van der Waals surface area contributed by atoms with Crippen LogP contribution in [0.4, 0.5) is 0 Å². The van der Waals surface area contributed by atoms with Gasteiger partial charge >= 0.3 is 0 Å². The number of nitrogens with one attached hydrogen (secondary N) is 1. The van der Waals surface area contributed by atoms with Crippen LogP contribution in [0.15, 0.2) is 0 Å². The lowest BCUT2D eigenvalue weighted by Crippen LogP contribution is -2.55. The molecule has 0 spiro atoms. The van der Waals surface area contributed by atoms with Crippen LogP contribution in [0.25, 0.3) is 0 Å². The van der Waals surface area contributed by atoms with Crippen molar-refractivity contribution in [1.82, 2.24) is 5.32 Å². The summed E-state index contributed by atoms with van der Waals surface area (Å²) in [5.41, 5.74) is -0.349. The molecule has 0 aromatic rings. The van der Waals surface area contributed by atoms with E-state index in [1.165, 1.54) is 0 Å². The van der Waals surface area contributed by atoms with Crippen molar-refractivity contribution in [2.45, 2.75) is 5.54 Å². The summed E-state index contributed by atoms with van der Waals surface area (Å²) in [4.78, 5) is 4.58. The van der Waals surface area contributed by atoms with Crippen LogP contribution in [0.2, 0.25) is 0 Å². The Balaban J connectivity index is 4.06. The summed E-state index contributed by atoms with van der Waals surface area (Å²) in [6, 6.07) is 0. The third-order valence-electron chi connectivity index (χ3n) is 1.73. The second-order valence-corrected chi connectivity index (χ2v) is 2.71. The van der Waals surface area contributed by atoms with Crippen molar-refractivity contribution in [1.29, 1.82) is 0 Å². The minimum absolute atomic E-state index is 0.349. The molecular formula is C7H18N2O3. The minimum atomic E-state index is -0.349. The van der Waals surface area contributed by atoms with Crippen molar-refractivity contribution in [2.75, 3.05) is 41.1 Å². The number of hydrogen-bond acceptors (Lipinski definition) is 5. The van der Waals surface area contributed by atoms with Gasteiger partial charge in [-0.1, -0.05) is 0 Å². The highest BCUT2D eigenvalue weighted by Crippen LogP contribution is 2.05. The molecule has 0 bridgehead atoms. The van der Waals surface area contributed by atoms with Crippen molar-refractivity contribution < 1.29 is 14.3 Å². The molecule has 0 aliphatic heterocycles. The van der Waals surface area contributed by atoms with E-state index >= 15 is 0 Å².